The highest BCUT2D eigenvalue weighted by Crippen LogP contribution is 2.31. The number of nitrogens with one attached hydrogen (secondary N) is 1. The van der Waals surface area contributed by atoms with E-state index in [2.05, 4.69) is 18.3 Å². The van der Waals surface area contributed by atoms with Crippen molar-refractivity contribution in [2.75, 3.05) is 6.61 Å². The van der Waals surface area contributed by atoms with Gasteiger partial charge in [-0.3, -0.25) is 4.79 Å². The van der Waals surface area contributed by atoms with Crippen molar-refractivity contribution in [3.63, 3.8) is 0 Å². The monoisotopic (exact) mass is 238 g/mol. The molecule has 0 aromatic rings. The van der Waals surface area contributed by atoms with Crippen molar-refractivity contribution in [2.45, 2.75) is 58.1 Å². The summed E-state index contributed by atoms with van der Waals surface area (Å²) in [5.74, 6) is 0.468. The van der Waals surface area contributed by atoms with Crippen LogP contribution in [-0.4, -0.2) is 24.2 Å². The first kappa shape index (κ1) is 14.0. The highest BCUT2D eigenvalue weighted by atomic mass is 16.5. The molecule has 1 aliphatic rings. The van der Waals surface area contributed by atoms with Crippen LogP contribution in [0.5, 0.6) is 0 Å². The minimum absolute atomic E-state index is 0.0326. The Kier molecular flexibility index (Phi) is 4.95. The second-order valence-corrected chi connectivity index (χ2v) is 5.28. The lowest BCUT2D eigenvalue weighted by Gasteiger charge is -2.34. The van der Waals surface area contributed by atoms with E-state index < -0.39 is 5.54 Å². The summed E-state index contributed by atoms with van der Waals surface area (Å²) in [5, 5.41) is 12.1. The molecule has 0 atom stereocenters. The van der Waals surface area contributed by atoms with Crippen LogP contribution in [0.3, 0.4) is 0 Å². The molecule has 4 heteroatoms. The van der Waals surface area contributed by atoms with Crippen LogP contribution < -0.4 is 5.32 Å². The molecule has 0 aromatic heterocycles. The third kappa shape index (κ3) is 4.35. The van der Waals surface area contributed by atoms with Gasteiger partial charge in [-0.05, 0) is 45.4 Å². The number of hydrogen-bond acceptors (Lipinski definition) is 3. The van der Waals surface area contributed by atoms with Crippen molar-refractivity contribution in [1.82, 2.24) is 5.32 Å². The molecule has 0 aliphatic heterocycles. The summed E-state index contributed by atoms with van der Waals surface area (Å²) in [6.07, 6.45) is 3.53. The Hall–Kier alpha value is -1.08. The van der Waals surface area contributed by atoms with Gasteiger partial charge in [0.1, 0.15) is 12.1 Å². The molecule has 0 spiro atoms. The maximum atomic E-state index is 11.7. The molecule has 17 heavy (non-hydrogen) atoms. The van der Waals surface area contributed by atoms with E-state index in [-0.39, 0.29) is 18.6 Å². The summed E-state index contributed by atoms with van der Waals surface area (Å²) >= 11 is 0. The van der Waals surface area contributed by atoms with Crippen molar-refractivity contribution in [1.29, 1.82) is 5.26 Å². The van der Waals surface area contributed by atoms with Gasteiger partial charge in [0, 0.05) is 0 Å². The van der Waals surface area contributed by atoms with Crippen LogP contribution in [0, 0.1) is 17.2 Å². The largest absolute Gasteiger partial charge is 0.369 e. The SMILES string of the molecule is CC1CCC(C#N)(NC(=O)COC(C)C)CC1. The summed E-state index contributed by atoms with van der Waals surface area (Å²) in [7, 11) is 0. The number of amides is 1. The standard InChI is InChI=1S/C13H22N2O2/c1-10(2)17-8-12(16)15-13(9-14)6-4-11(3)5-7-13/h10-11H,4-8H2,1-3H3,(H,15,16). The summed E-state index contributed by atoms with van der Waals surface area (Å²) in [5.41, 5.74) is -0.663. The molecule has 1 aliphatic carbocycles. The smallest absolute Gasteiger partial charge is 0.247 e. The second-order valence-electron chi connectivity index (χ2n) is 5.28. The van der Waals surface area contributed by atoms with Gasteiger partial charge in [-0.1, -0.05) is 6.92 Å². The van der Waals surface area contributed by atoms with Gasteiger partial charge >= 0.3 is 0 Å². The molecule has 0 unspecified atom stereocenters. The Balaban J connectivity index is 2.47. The zero-order valence-electron chi connectivity index (χ0n) is 11.0. The Labute approximate surface area is 103 Å². The lowest BCUT2D eigenvalue weighted by molar-refractivity contribution is -0.128. The van der Waals surface area contributed by atoms with E-state index in [1.807, 2.05) is 13.8 Å². The van der Waals surface area contributed by atoms with E-state index in [1.165, 1.54) is 0 Å². The van der Waals surface area contributed by atoms with E-state index in [0.29, 0.717) is 5.92 Å². The number of carbonyl (C=O) groups is 1. The zero-order chi connectivity index (χ0) is 12.9. The van der Waals surface area contributed by atoms with Crippen LogP contribution in [0.4, 0.5) is 0 Å². The number of carbonyl (C=O) groups excluding carboxylic acids is 1. The van der Waals surface area contributed by atoms with Gasteiger partial charge in [-0.25, -0.2) is 0 Å². The van der Waals surface area contributed by atoms with Crippen LogP contribution in [0.15, 0.2) is 0 Å². The summed E-state index contributed by atoms with van der Waals surface area (Å²) < 4.78 is 5.23. The van der Waals surface area contributed by atoms with E-state index in [4.69, 9.17) is 4.74 Å². The van der Waals surface area contributed by atoms with Gasteiger partial charge < -0.3 is 10.1 Å². The Morgan fingerprint density at radius 1 is 1.53 bits per heavy atom. The summed E-state index contributed by atoms with van der Waals surface area (Å²) in [6.45, 7) is 5.99. The number of ether oxygens (including phenoxy) is 1. The average molecular weight is 238 g/mol. The molecule has 0 radical (unpaired) electrons. The van der Waals surface area contributed by atoms with Gasteiger partial charge in [0.05, 0.1) is 12.2 Å². The van der Waals surface area contributed by atoms with Crippen LogP contribution in [0.1, 0.15) is 46.5 Å². The van der Waals surface area contributed by atoms with Crippen LogP contribution >= 0.6 is 0 Å². The Morgan fingerprint density at radius 3 is 2.59 bits per heavy atom. The minimum Gasteiger partial charge on any atom is -0.369 e. The first-order valence-electron chi connectivity index (χ1n) is 6.31. The predicted octanol–water partition coefficient (Wildman–Crippen LogP) is 2.00. The third-order valence-electron chi connectivity index (χ3n) is 3.27. The fraction of sp³-hybridized carbons (Fsp3) is 0.846. The van der Waals surface area contributed by atoms with E-state index in [1.54, 1.807) is 0 Å². The molecule has 0 saturated heterocycles. The van der Waals surface area contributed by atoms with Gasteiger partial charge in [0.15, 0.2) is 0 Å². The Bertz CT molecular complexity index is 299. The highest BCUT2D eigenvalue weighted by Gasteiger charge is 2.35. The van der Waals surface area contributed by atoms with Gasteiger partial charge in [-0.15, -0.1) is 0 Å². The van der Waals surface area contributed by atoms with Crippen LogP contribution in [0.2, 0.25) is 0 Å². The molecular weight excluding hydrogens is 216 g/mol. The fourth-order valence-electron chi connectivity index (χ4n) is 2.07. The Morgan fingerprint density at radius 2 is 2.12 bits per heavy atom. The van der Waals surface area contributed by atoms with E-state index >= 15 is 0 Å². The van der Waals surface area contributed by atoms with Crippen LogP contribution in [0.25, 0.3) is 0 Å². The first-order valence-corrected chi connectivity index (χ1v) is 6.31. The van der Waals surface area contributed by atoms with Crippen molar-refractivity contribution in [3.8, 4) is 6.07 Å². The van der Waals surface area contributed by atoms with Gasteiger partial charge in [0.2, 0.25) is 5.91 Å². The van der Waals surface area contributed by atoms with E-state index in [0.717, 1.165) is 25.7 Å². The zero-order valence-corrected chi connectivity index (χ0v) is 11.0. The average Bonchev–Trinajstić information content (AvgIpc) is 2.30. The molecule has 1 N–H and O–H groups in total. The predicted molar refractivity (Wildman–Crippen MR) is 65.2 cm³/mol. The van der Waals surface area contributed by atoms with Gasteiger partial charge in [0.25, 0.3) is 0 Å². The van der Waals surface area contributed by atoms with Crippen molar-refractivity contribution in [2.24, 2.45) is 5.92 Å². The molecule has 1 amide bonds. The van der Waals surface area contributed by atoms with Crippen molar-refractivity contribution < 1.29 is 9.53 Å². The maximum Gasteiger partial charge on any atom is 0.247 e. The summed E-state index contributed by atoms with van der Waals surface area (Å²) in [4.78, 5) is 11.7. The molecular formula is C13H22N2O2. The topological polar surface area (TPSA) is 62.1 Å². The number of hydrogen-bond donors (Lipinski definition) is 1. The molecule has 0 bridgehead atoms. The minimum atomic E-state index is -0.663. The molecule has 1 fully saturated rings. The molecule has 0 aromatic carbocycles. The van der Waals surface area contributed by atoms with Crippen LogP contribution in [-0.2, 0) is 9.53 Å². The maximum absolute atomic E-state index is 11.7. The molecule has 1 rings (SSSR count). The normalized spacial score (nSPS) is 28.8. The number of rotatable bonds is 4. The first-order chi connectivity index (χ1) is 7.97. The van der Waals surface area contributed by atoms with Crippen molar-refractivity contribution in [3.05, 3.63) is 0 Å². The van der Waals surface area contributed by atoms with Crippen molar-refractivity contribution >= 4 is 5.91 Å². The summed E-state index contributed by atoms with van der Waals surface area (Å²) in [6, 6.07) is 2.27. The second kappa shape index (κ2) is 6.02. The van der Waals surface area contributed by atoms with Gasteiger partial charge in [-0.2, -0.15) is 5.26 Å². The highest BCUT2D eigenvalue weighted by molar-refractivity contribution is 5.78. The molecule has 0 heterocycles. The molecule has 1 saturated carbocycles. The number of nitriles is 1. The van der Waals surface area contributed by atoms with E-state index in [9.17, 15) is 10.1 Å². The lowest BCUT2D eigenvalue weighted by atomic mass is 9.78. The third-order valence-corrected chi connectivity index (χ3v) is 3.27. The quantitative estimate of drug-likeness (QED) is 0.814. The fourth-order valence-corrected chi connectivity index (χ4v) is 2.07. The number of nitrogens with zero attached hydrogens (tertiary/aromatic N) is 1. The molecule has 96 valence electrons. The lowest BCUT2D eigenvalue weighted by Crippen LogP contribution is -2.50. The molecule has 4 nitrogen and oxygen atoms in total.